The average molecular weight is 215 g/mol. The Labute approximate surface area is 96.1 Å². The summed E-state index contributed by atoms with van der Waals surface area (Å²) in [4.78, 5) is 0. The quantitative estimate of drug-likeness (QED) is 0.785. The Kier molecular flexibility index (Phi) is 3.34. The Morgan fingerprint density at radius 3 is 2.81 bits per heavy atom. The van der Waals surface area contributed by atoms with E-state index < -0.39 is 0 Å². The normalized spacial score (nSPS) is 10.6. The Hall–Kier alpha value is -1.64. The molecule has 0 aliphatic carbocycles. The fourth-order valence-corrected chi connectivity index (χ4v) is 1.71. The largest absolute Gasteiger partial charge is 0.220 e. The minimum Gasteiger partial charge on any atom is -0.220 e. The summed E-state index contributed by atoms with van der Waals surface area (Å²) in [5.41, 5.74) is 3.40. The van der Waals surface area contributed by atoms with Crippen molar-refractivity contribution >= 4 is 0 Å². The van der Waals surface area contributed by atoms with Crippen molar-refractivity contribution in [1.29, 1.82) is 0 Å². The molecular formula is C13H17N3. The minimum atomic E-state index is 1.02. The molecule has 3 heteroatoms. The van der Waals surface area contributed by atoms with Crippen LogP contribution in [0.2, 0.25) is 0 Å². The lowest BCUT2D eigenvalue weighted by atomic mass is 10.2. The van der Waals surface area contributed by atoms with Gasteiger partial charge in [-0.1, -0.05) is 36.8 Å². The van der Waals surface area contributed by atoms with Crippen LogP contribution in [0.15, 0.2) is 30.5 Å². The number of unbranched alkanes of at least 4 members (excludes halogenated alkanes) is 1. The topological polar surface area (TPSA) is 30.7 Å². The highest BCUT2D eigenvalue weighted by atomic mass is 15.4. The number of para-hydroxylation sites is 1. The van der Waals surface area contributed by atoms with E-state index in [1.54, 1.807) is 0 Å². The predicted octanol–water partition coefficient (Wildman–Crippen LogP) is 2.92. The molecule has 16 heavy (non-hydrogen) atoms. The van der Waals surface area contributed by atoms with Crippen molar-refractivity contribution in [3.8, 4) is 5.69 Å². The van der Waals surface area contributed by atoms with Gasteiger partial charge in [0.2, 0.25) is 0 Å². The second-order valence-corrected chi connectivity index (χ2v) is 4.04. The zero-order valence-electron chi connectivity index (χ0n) is 9.85. The SMILES string of the molecule is CCCCc1cn(-c2ccccc2C)nn1. The fraction of sp³-hybridized carbons (Fsp3) is 0.385. The smallest absolute Gasteiger partial charge is 0.0831 e. The van der Waals surface area contributed by atoms with Crippen molar-refractivity contribution in [2.45, 2.75) is 33.1 Å². The van der Waals surface area contributed by atoms with Gasteiger partial charge in [0.1, 0.15) is 0 Å². The Balaban J connectivity index is 2.22. The van der Waals surface area contributed by atoms with Gasteiger partial charge in [-0.15, -0.1) is 5.10 Å². The lowest BCUT2D eigenvalue weighted by Gasteiger charge is -2.02. The van der Waals surface area contributed by atoms with Crippen LogP contribution in [0.5, 0.6) is 0 Å². The molecule has 2 aromatic rings. The third kappa shape index (κ3) is 2.30. The van der Waals surface area contributed by atoms with E-state index in [0.29, 0.717) is 0 Å². The van der Waals surface area contributed by atoms with Gasteiger partial charge in [-0.2, -0.15) is 0 Å². The van der Waals surface area contributed by atoms with E-state index in [1.807, 2.05) is 23.0 Å². The molecule has 1 aromatic carbocycles. The van der Waals surface area contributed by atoms with Gasteiger partial charge in [0.15, 0.2) is 0 Å². The molecule has 0 aliphatic rings. The Morgan fingerprint density at radius 2 is 2.06 bits per heavy atom. The first kappa shape index (κ1) is 10.9. The molecule has 0 aliphatic heterocycles. The first-order valence-corrected chi connectivity index (χ1v) is 5.78. The van der Waals surface area contributed by atoms with Gasteiger partial charge < -0.3 is 0 Å². The molecule has 0 radical (unpaired) electrons. The lowest BCUT2D eigenvalue weighted by Crippen LogP contribution is -1.97. The van der Waals surface area contributed by atoms with Crippen molar-refractivity contribution in [2.24, 2.45) is 0 Å². The standard InChI is InChI=1S/C13H17N3/c1-3-4-8-12-10-16(15-14-12)13-9-6-5-7-11(13)2/h5-7,9-10H,3-4,8H2,1-2H3. The molecule has 0 saturated heterocycles. The first-order chi connectivity index (χ1) is 7.81. The van der Waals surface area contributed by atoms with Crippen LogP contribution in [0.3, 0.4) is 0 Å². The molecule has 1 heterocycles. The van der Waals surface area contributed by atoms with Gasteiger partial charge in [0.25, 0.3) is 0 Å². The summed E-state index contributed by atoms with van der Waals surface area (Å²) in [5.74, 6) is 0. The molecule has 0 spiro atoms. The third-order valence-corrected chi connectivity index (χ3v) is 2.69. The van der Waals surface area contributed by atoms with Crippen LogP contribution in [0, 0.1) is 6.92 Å². The van der Waals surface area contributed by atoms with Crippen LogP contribution in [-0.2, 0) is 6.42 Å². The van der Waals surface area contributed by atoms with E-state index in [2.05, 4.69) is 36.3 Å². The summed E-state index contributed by atoms with van der Waals surface area (Å²) in [6.07, 6.45) is 5.41. The Morgan fingerprint density at radius 1 is 1.25 bits per heavy atom. The van der Waals surface area contributed by atoms with Crippen molar-refractivity contribution in [3.63, 3.8) is 0 Å². The second kappa shape index (κ2) is 4.92. The molecular weight excluding hydrogens is 198 g/mol. The van der Waals surface area contributed by atoms with Crippen LogP contribution in [0.1, 0.15) is 31.0 Å². The summed E-state index contributed by atoms with van der Waals surface area (Å²) < 4.78 is 1.86. The average Bonchev–Trinajstić information content (AvgIpc) is 2.75. The molecule has 0 fully saturated rings. The number of aryl methyl sites for hydroxylation is 2. The number of nitrogens with zero attached hydrogens (tertiary/aromatic N) is 3. The fourth-order valence-electron chi connectivity index (χ4n) is 1.71. The van der Waals surface area contributed by atoms with Gasteiger partial charge in [-0.05, 0) is 31.4 Å². The van der Waals surface area contributed by atoms with E-state index in [1.165, 1.54) is 18.4 Å². The number of benzene rings is 1. The van der Waals surface area contributed by atoms with Crippen LogP contribution in [-0.4, -0.2) is 15.0 Å². The number of hydrogen-bond donors (Lipinski definition) is 0. The highest BCUT2D eigenvalue weighted by Gasteiger charge is 2.03. The molecule has 0 amide bonds. The third-order valence-electron chi connectivity index (χ3n) is 2.69. The van der Waals surface area contributed by atoms with Crippen LogP contribution >= 0.6 is 0 Å². The maximum atomic E-state index is 4.18. The van der Waals surface area contributed by atoms with E-state index in [-0.39, 0.29) is 0 Å². The van der Waals surface area contributed by atoms with Gasteiger partial charge in [-0.25, -0.2) is 4.68 Å². The highest BCUT2D eigenvalue weighted by Crippen LogP contribution is 2.12. The lowest BCUT2D eigenvalue weighted by molar-refractivity contribution is 0.760. The molecule has 0 atom stereocenters. The molecule has 0 N–H and O–H groups in total. The zero-order chi connectivity index (χ0) is 11.4. The van der Waals surface area contributed by atoms with Gasteiger partial charge in [0.05, 0.1) is 17.6 Å². The zero-order valence-corrected chi connectivity index (χ0v) is 9.85. The van der Waals surface area contributed by atoms with E-state index in [4.69, 9.17) is 0 Å². The first-order valence-electron chi connectivity index (χ1n) is 5.78. The van der Waals surface area contributed by atoms with Crippen LogP contribution in [0.25, 0.3) is 5.69 Å². The molecule has 3 nitrogen and oxygen atoms in total. The van der Waals surface area contributed by atoms with Gasteiger partial charge >= 0.3 is 0 Å². The summed E-state index contributed by atoms with van der Waals surface area (Å²) in [6.45, 7) is 4.27. The molecule has 2 rings (SSSR count). The number of aromatic nitrogens is 3. The summed E-state index contributed by atoms with van der Waals surface area (Å²) in [6, 6.07) is 8.21. The van der Waals surface area contributed by atoms with E-state index in [9.17, 15) is 0 Å². The number of rotatable bonds is 4. The molecule has 0 bridgehead atoms. The monoisotopic (exact) mass is 215 g/mol. The van der Waals surface area contributed by atoms with Crippen LogP contribution in [0.4, 0.5) is 0 Å². The molecule has 0 saturated carbocycles. The predicted molar refractivity (Wildman–Crippen MR) is 64.7 cm³/mol. The minimum absolute atomic E-state index is 1.02. The van der Waals surface area contributed by atoms with Gasteiger partial charge in [0, 0.05) is 0 Å². The van der Waals surface area contributed by atoms with Crippen molar-refractivity contribution in [1.82, 2.24) is 15.0 Å². The van der Waals surface area contributed by atoms with E-state index >= 15 is 0 Å². The van der Waals surface area contributed by atoms with E-state index in [0.717, 1.165) is 17.8 Å². The maximum Gasteiger partial charge on any atom is 0.0831 e. The molecule has 84 valence electrons. The summed E-state index contributed by atoms with van der Waals surface area (Å²) in [7, 11) is 0. The maximum absolute atomic E-state index is 4.18. The number of hydrogen-bond acceptors (Lipinski definition) is 2. The Bertz CT molecular complexity index is 460. The van der Waals surface area contributed by atoms with Gasteiger partial charge in [-0.3, -0.25) is 0 Å². The molecule has 0 unspecified atom stereocenters. The molecule has 1 aromatic heterocycles. The summed E-state index contributed by atoms with van der Waals surface area (Å²) >= 11 is 0. The van der Waals surface area contributed by atoms with Crippen molar-refractivity contribution in [2.75, 3.05) is 0 Å². The summed E-state index contributed by atoms with van der Waals surface area (Å²) in [5, 5.41) is 8.35. The van der Waals surface area contributed by atoms with Crippen LogP contribution < -0.4 is 0 Å². The highest BCUT2D eigenvalue weighted by molar-refractivity contribution is 5.38. The second-order valence-electron chi connectivity index (χ2n) is 4.04. The van der Waals surface area contributed by atoms with Crippen molar-refractivity contribution in [3.05, 3.63) is 41.7 Å². The van der Waals surface area contributed by atoms with Crippen molar-refractivity contribution < 1.29 is 0 Å².